The van der Waals surface area contributed by atoms with Crippen molar-refractivity contribution in [2.45, 2.75) is 52.2 Å². The van der Waals surface area contributed by atoms with Gasteiger partial charge in [-0.15, -0.1) is 5.10 Å². The molecule has 1 aliphatic heterocycles. The minimum atomic E-state index is -0.135. The number of tetrazole rings is 1. The number of aromatic nitrogens is 5. The third kappa shape index (κ3) is 4.83. The molecule has 0 bridgehead atoms. The molecule has 0 spiro atoms. The van der Waals surface area contributed by atoms with E-state index in [4.69, 9.17) is 0 Å². The molecule has 3 aromatic rings. The first-order valence-corrected chi connectivity index (χ1v) is 11.2. The number of aryl methyl sites for hydroxylation is 1. The number of nitrogens with zero attached hydrogens (tertiary/aromatic N) is 7. The van der Waals surface area contributed by atoms with Gasteiger partial charge in [-0.1, -0.05) is 42.8 Å². The number of rotatable bonds is 7. The highest BCUT2D eigenvalue weighted by atomic mass is 15.6. The van der Waals surface area contributed by atoms with Gasteiger partial charge in [0.25, 0.3) is 0 Å². The Morgan fingerprint density at radius 1 is 1.03 bits per heavy atom. The highest BCUT2D eigenvalue weighted by Crippen LogP contribution is 2.31. The van der Waals surface area contributed by atoms with E-state index < -0.39 is 0 Å². The van der Waals surface area contributed by atoms with Gasteiger partial charge in [0.05, 0.1) is 11.6 Å². The van der Waals surface area contributed by atoms with Crippen molar-refractivity contribution in [2.24, 2.45) is 0 Å². The molecule has 0 aliphatic carbocycles. The van der Waals surface area contributed by atoms with E-state index >= 15 is 0 Å². The van der Waals surface area contributed by atoms with Crippen LogP contribution in [0.2, 0.25) is 0 Å². The molecule has 164 valence electrons. The Balaban J connectivity index is 1.58. The van der Waals surface area contributed by atoms with Crippen molar-refractivity contribution in [1.29, 1.82) is 0 Å². The monoisotopic (exact) mass is 419 g/mol. The van der Waals surface area contributed by atoms with Gasteiger partial charge in [-0.25, -0.2) is 4.68 Å². The molecule has 1 atom stereocenters. The molecule has 7 nitrogen and oxygen atoms in total. The second-order valence-electron chi connectivity index (χ2n) is 9.10. The predicted molar refractivity (Wildman–Crippen MR) is 122 cm³/mol. The molecule has 0 N–H and O–H groups in total. The number of hydrogen-bond acceptors (Lipinski definition) is 6. The van der Waals surface area contributed by atoms with E-state index in [0.29, 0.717) is 0 Å². The normalized spacial score (nSPS) is 17.0. The Bertz CT molecular complexity index is 957. The third-order valence-corrected chi connectivity index (χ3v) is 6.47. The van der Waals surface area contributed by atoms with E-state index in [-0.39, 0.29) is 11.6 Å². The standard InChI is InChI=1S/C24H33N7/c1-5-24(3,4)31-23(26-27-28-31)22(21-10-8-19(2)9-11-21)30-15-13-29(14-16-30)18-20-7-6-12-25-17-20/h6-12,17,22H,5,13-16,18H2,1-4H3/t22-/m1/s1. The maximum Gasteiger partial charge on any atom is 0.173 e. The molecule has 0 saturated carbocycles. The zero-order valence-corrected chi connectivity index (χ0v) is 19.1. The van der Waals surface area contributed by atoms with Gasteiger partial charge in [-0.3, -0.25) is 14.8 Å². The van der Waals surface area contributed by atoms with E-state index in [0.717, 1.165) is 45.0 Å². The summed E-state index contributed by atoms with van der Waals surface area (Å²) in [4.78, 5) is 9.28. The SMILES string of the molecule is CCC(C)(C)n1nnnc1[C@@H](c1ccc(C)cc1)N1CCN(Cc2cccnc2)CC1. The summed E-state index contributed by atoms with van der Waals surface area (Å²) >= 11 is 0. The van der Waals surface area contributed by atoms with Crippen LogP contribution in [-0.4, -0.2) is 61.2 Å². The Hall–Kier alpha value is -2.64. The second kappa shape index (κ2) is 9.24. The molecule has 31 heavy (non-hydrogen) atoms. The summed E-state index contributed by atoms with van der Waals surface area (Å²) in [5.74, 6) is 0.927. The Morgan fingerprint density at radius 3 is 2.42 bits per heavy atom. The van der Waals surface area contributed by atoms with E-state index in [2.05, 4.69) is 88.3 Å². The lowest BCUT2D eigenvalue weighted by Gasteiger charge is -2.39. The lowest BCUT2D eigenvalue weighted by molar-refractivity contribution is 0.0972. The number of benzene rings is 1. The molecule has 4 rings (SSSR count). The topological polar surface area (TPSA) is 63.0 Å². The molecular weight excluding hydrogens is 386 g/mol. The molecule has 1 saturated heterocycles. The van der Waals surface area contributed by atoms with Crippen LogP contribution in [0.1, 0.15) is 55.7 Å². The Morgan fingerprint density at radius 2 is 1.77 bits per heavy atom. The average Bonchev–Trinajstić information content (AvgIpc) is 3.28. The van der Waals surface area contributed by atoms with Crippen molar-refractivity contribution in [3.8, 4) is 0 Å². The van der Waals surface area contributed by atoms with Crippen molar-refractivity contribution in [2.75, 3.05) is 26.2 Å². The van der Waals surface area contributed by atoms with Crippen LogP contribution in [0.5, 0.6) is 0 Å². The molecule has 0 unspecified atom stereocenters. The summed E-state index contributed by atoms with van der Waals surface area (Å²) in [6.07, 6.45) is 4.75. The molecule has 0 radical (unpaired) electrons. The summed E-state index contributed by atoms with van der Waals surface area (Å²) < 4.78 is 2.03. The molecule has 0 amide bonds. The largest absolute Gasteiger partial charge is 0.296 e. The van der Waals surface area contributed by atoms with Crippen molar-refractivity contribution in [1.82, 2.24) is 35.0 Å². The lowest BCUT2D eigenvalue weighted by atomic mass is 9.98. The average molecular weight is 420 g/mol. The molecule has 2 aromatic heterocycles. The number of piperazine rings is 1. The molecule has 7 heteroatoms. The Labute approximate surface area is 185 Å². The fourth-order valence-electron chi connectivity index (χ4n) is 4.15. The van der Waals surface area contributed by atoms with Gasteiger partial charge in [-0.2, -0.15) is 0 Å². The van der Waals surface area contributed by atoms with Crippen LogP contribution in [-0.2, 0) is 12.1 Å². The quantitative estimate of drug-likeness (QED) is 0.585. The van der Waals surface area contributed by atoms with Gasteiger partial charge >= 0.3 is 0 Å². The van der Waals surface area contributed by atoms with E-state index in [1.165, 1.54) is 16.7 Å². The summed E-state index contributed by atoms with van der Waals surface area (Å²) in [5, 5.41) is 13.0. The van der Waals surface area contributed by atoms with Crippen LogP contribution in [0.15, 0.2) is 48.8 Å². The molecule has 3 heterocycles. The van der Waals surface area contributed by atoms with Gasteiger partial charge in [-0.05, 0) is 54.8 Å². The summed E-state index contributed by atoms with van der Waals surface area (Å²) in [6, 6.07) is 13.0. The minimum absolute atomic E-state index is 0.0435. The number of pyridine rings is 1. The molecular formula is C24H33N7. The van der Waals surface area contributed by atoms with Crippen molar-refractivity contribution >= 4 is 0 Å². The maximum atomic E-state index is 4.53. The van der Waals surface area contributed by atoms with Crippen molar-refractivity contribution in [3.63, 3.8) is 0 Å². The first-order valence-electron chi connectivity index (χ1n) is 11.2. The third-order valence-electron chi connectivity index (χ3n) is 6.47. The van der Waals surface area contributed by atoms with Crippen LogP contribution in [0.3, 0.4) is 0 Å². The van der Waals surface area contributed by atoms with Crippen LogP contribution in [0.25, 0.3) is 0 Å². The summed E-state index contributed by atoms with van der Waals surface area (Å²) in [6.45, 7) is 13.6. The van der Waals surface area contributed by atoms with E-state index in [1.807, 2.05) is 23.1 Å². The van der Waals surface area contributed by atoms with E-state index in [1.54, 1.807) is 0 Å². The maximum absolute atomic E-state index is 4.53. The smallest absolute Gasteiger partial charge is 0.173 e. The van der Waals surface area contributed by atoms with Crippen LogP contribution in [0.4, 0.5) is 0 Å². The Kier molecular flexibility index (Phi) is 6.43. The fourth-order valence-corrected chi connectivity index (χ4v) is 4.15. The number of hydrogen-bond donors (Lipinski definition) is 0. The first-order chi connectivity index (χ1) is 15.0. The van der Waals surface area contributed by atoms with Gasteiger partial charge < -0.3 is 0 Å². The summed E-state index contributed by atoms with van der Waals surface area (Å²) in [7, 11) is 0. The van der Waals surface area contributed by atoms with Crippen molar-refractivity contribution in [3.05, 3.63) is 71.3 Å². The molecule has 1 aliphatic rings. The van der Waals surface area contributed by atoms with Crippen LogP contribution < -0.4 is 0 Å². The second-order valence-corrected chi connectivity index (χ2v) is 9.10. The van der Waals surface area contributed by atoms with Crippen LogP contribution >= 0.6 is 0 Å². The fraction of sp³-hybridized carbons (Fsp3) is 0.500. The van der Waals surface area contributed by atoms with Crippen LogP contribution in [0, 0.1) is 6.92 Å². The van der Waals surface area contributed by atoms with Gasteiger partial charge in [0, 0.05) is 45.1 Å². The molecule has 1 fully saturated rings. The zero-order chi connectivity index (χ0) is 21.8. The minimum Gasteiger partial charge on any atom is -0.296 e. The first kappa shape index (κ1) is 21.6. The lowest BCUT2D eigenvalue weighted by Crippen LogP contribution is -2.48. The predicted octanol–water partition coefficient (Wildman–Crippen LogP) is 3.43. The summed E-state index contributed by atoms with van der Waals surface area (Å²) in [5.41, 5.74) is 3.63. The van der Waals surface area contributed by atoms with Crippen molar-refractivity contribution < 1.29 is 0 Å². The van der Waals surface area contributed by atoms with Gasteiger partial charge in [0.1, 0.15) is 0 Å². The van der Waals surface area contributed by atoms with Gasteiger partial charge in [0.15, 0.2) is 5.82 Å². The van der Waals surface area contributed by atoms with E-state index in [9.17, 15) is 0 Å². The highest BCUT2D eigenvalue weighted by molar-refractivity contribution is 5.28. The van der Waals surface area contributed by atoms with Gasteiger partial charge in [0.2, 0.25) is 0 Å². The zero-order valence-electron chi connectivity index (χ0n) is 19.1. The highest BCUT2D eigenvalue weighted by Gasteiger charge is 2.34. The molecule has 1 aromatic carbocycles.